The number of fused-ring (bicyclic) bond motifs is 4. The first-order valence-electron chi connectivity index (χ1n) is 21.3. The van der Waals surface area contributed by atoms with Crippen molar-refractivity contribution in [2.24, 2.45) is 0 Å². The zero-order valence-electron chi connectivity index (χ0n) is 35.9. The van der Waals surface area contributed by atoms with Gasteiger partial charge in [0, 0.05) is 66.9 Å². The average Bonchev–Trinajstić information content (AvgIpc) is 3.85. The molecule has 7 aromatic carbocycles. The second-order valence-electron chi connectivity index (χ2n) is 16.8. The van der Waals surface area contributed by atoms with E-state index in [1.807, 2.05) is 36.5 Å². The molecule has 1 aliphatic rings. The molecule has 0 N–H and O–H groups in total. The molecule has 0 saturated heterocycles. The van der Waals surface area contributed by atoms with Crippen LogP contribution in [-0.2, 0) is 39.3 Å². The van der Waals surface area contributed by atoms with E-state index < -0.39 is 0 Å². The standard InChI is InChI=1S/C56H46FN4O.Pt/c1-6-37-15-14-16-38(7-2)55(37)40-31-43(59-36-60(52-22-13-12-21-51(52)59)49-19-10-8-17-46(49)39-23-25-42(57)26-24-39)34-45(32-40)62-44-27-28-48-47-18-9-11-20-50(47)61(53(48)35-44)54-33-41(29-30-58-54)56(3,4)5;/h8-33,36H,6-7H2,1-5H3;/q-3;. The number of aromatic nitrogens is 2. The van der Waals surface area contributed by atoms with E-state index in [2.05, 4.69) is 177 Å². The van der Waals surface area contributed by atoms with E-state index in [4.69, 9.17) is 9.72 Å². The van der Waals surface area contributed by atoms with Gasteiger partial charge in [0.15, 0.2) is 0 Å². The molecule has 0 atom stereocenters. The van der Waals surface area contributed by atoms with Crippen molar-refractivity contribution in [2.75, 3.05) is 9.80 Å². The van der Waals surface area contributed by atoms with Crippen LogP contribution in [0.1, 0.15) is 51.3 Å². The van der Waals surface area contributed by atoms with Gasteiger partial charge >= 0.3 is 0 Å². The van der Waals surface area contributed by atoms with E-state index in [0.29, 0.717) is 11.5 Å². The number of benzene rings is 7. The Hall–Kier alpha value is -6.49. The molecule has 0 fully saturated rings. The monoisotopic (exact) mass is 1000 g/mol. The van der Waals surface area contributed by atoms with Gasteiger partial charge in [-0.05, 0) is 100.0 Å². The minimum Gasteiger partial charge on any atom is -0.509 e. The number of hydrogen-bond acceptors (Lipinski definition) is 4. The van der Waals surface area contributed by atoms with Crippen molar-refractivity contribution in [1.82, 2.24) is 9.55 Å². The Morgan fingerprint density at radius 2 is 1.32 bits per heavy atom. The number of pyridine rings is 1. The second kappa shape index (κ2) is 17.0. The SMILES string of the molecule is CCc1cccc(CC)c1-c1cc(Oc2[c-]c3c(cc2)c2ccccc2n3-c2cc(C(C)(C)C)ccn2)[c-]c(N2[CH-]N(c3ccccc3-c3ccc(F)cc3)c3ccccc32)c1.[Pt]. The number of halogens is 1. The molecule has 63 heavy (non-hydrogen) atoms. The van der Waals surface area contributed by atoms with Crippen LogP contribution in [0, 0.1) is 24.6 Å². The molecule has 0 aliphatic carbocycles. The normalized spacial score (nSPS) is 12.5. The molecule has 9 aromatic rings. The molecule has 0 saturated carbocycles. The maximum absolute atomic E-state index is 14.1. The van der Waals surface area contributed by atoms with Crippen LogP contribution in [0.25, 0.3) is 49.9 Å². The van der Waals surface area contributed by atoms with Gasteiger partial charge in [-0.1, -0.05) is 119 Å². The summed E-state index contributed by atoms with van der Waals surface area (Å²) in [5.41, 5.74) is 13.7. The molecule has 10 rings (SSSR count). The Kier molecular flexibility index (Phi) is 11.3. The third kappa shape index (κ3) is 7.72. The molecule has 3 heterocycles. The van der Waals surface area contributed by atoms with Crippen molar-refractivity contribution in [3.05, 3.63) is 199 Å². The predicted octanol–water partition coefficient (Wildman–Crippen LogP) is 14.9. The molecule has 0 bridgehead atoms. The first-order valence-corrected chi connectivity index (χ1v) is 21.3. The van der Waals surface area contributed by atoms with Crippen molar-refractivity contribution in [2.45, 2.75) is 52.9 Å². The largest absolute Gasteiger partial charge is 0.509 e. The summed E-state index contributed by atoms with van der Waals surface area (Å²) in [5.74, 6) is 1.73. The fourth-order valence-corrected chi connectivity index (χ4v) is 8.82. The number of anilines is 4. The zero-order chi connectivity index (χ0) is 42.5. The van der Waals surface area contributed by atoms with Crippen molar-refractivity contribution in [3.63, 3.8) is 0 Å². The molecule has 0 spiro atoms. The van der Waals surface area contributed by atoms with E-state index in [9.17, 15) is 4.39 Å². The van der Waals surface area contributed by atoms with Gasteiger partial charge in [-0.3, -0.25) is 0 Å². The summed E-state index contributed by atoms with van der Waals surface area (Å²) in [7, 11) is 0. The molecule has 0 radical (unpaired) electrons. The summed E-state index contributed by atoms with van der Waals surface area (Å²) < 4.78 is 23.2. The third-order valence-corrected chi connectivity index (χ3v) is 11.9. The van der Waals surface area contributed by atoms with Crippen LogP contribution in [0.3, 0.4) is 0 Å². The van der Waals surface area contributed by atoms with Crippen LogP contribution in [0.4, 0.5) is 27.1 Å². The van der Waals surface area contributed by atoms with Crippen LogP contribution in [-0.4, -0.2) is 9.55 Å². The van der Waals surface area contributed by atoms with E-state index in [-0.39, 0.29) is 32.3 Å². The molecule has 2 aromatic heterocycles. The fraction of sp³-hybridized carbons (Fsp3) is 0.143. The minimum atomic E-state index is -0.261. The van der Waals surface area contributed by atoms with Gasteiger partial charge in [0.2, 0.25) is 0 Å². The molecular formula is C56H46FN4OPt-3. The van der Waals surface area contributed by atoms with Gasteiger partial charge in [-0.2, -0.15) is 6.07 Å². The fourth-order valence-electron chi connectivity index (χ4n) is 8.82. The van der Waals surface area contributed by atoms with Gasteiger partial charge in [0.25, 0.3) is 0 Å². The number of aryl methyl sites for hydroxylation is 2. The molecular weight excluding hydrogens is 959 g/mol. The maximum Gasteiger partial charge on any atom is 0.135 e. The molecule has 0 unspecified atom stereocenters. The Balaban J connectivity index is 0.00000504. The molecule has 316 valence electrons. The topological polar surface area (TPSA) is 33.5 Å². The maximum atomic E-state index is 14.1. The van der Waals surface area contributed by atoms with Gasteiger partial charge in [0.1, 0.15) is 11.6 Å². The van der Waals surface area contributed by atoms with Crippen molar-refractivity contribution < 1.29 is 30.2 Å². The third-order valence-electron chi connectivity index (χ3n) is 11.9. The summed E-state index contributed by atoms with van der Waals surface area (Å²) in [4.78, 5) is 9.27. The van der Waals surface area contributed by atoms with Crippen LogP contribution in [0.15, 0.2) is 158 Å². The van der Waals surface area contributed by atoms with E-state index in [1.165, 1.54) is 34.4 Å². The van der Waals surface area contributed by atoms with Crippen molar-refractivity contribution in [3.8, 4) is 39.6 Å². The first-order chi connectivity index (χ1) is 30.2. The Morgan fingerprint density at radius 3 is 2.05 bits per heavy atom. The summed E-state index contributed by atoms with van der Waals surface area (Å²) in [6.45, 7) is 13.2. The van der Waals surface area contributed by atoms with Gasteiger partial charge < -0.3 is 19.1 Å². The van der Waals surface area contributed by atoms with Gasteiger partial charge in [0.05, 0.1) is 0 Å². The van der Waals surface area contributed by atoms with Crippen LogP contribution in [0.2, 0.25) is 0 Å². The van der Waals surface area contributed by atoms with Crippen molar-refractivity contribution >= 4 is 44.6 Å². The van der Waals surface area contributed by atoms with Crippen molar-refractivity contribution in [1.29, 1.82) is 0 Å². The van der Waals surface area contributed by atoms with E-state index in [0.717, 1.165) is 79.9 Å². The summed E-state index contributed by atoms with van der Waals surface area (Å²) in [6.07, 6.45) is 3.67. The molecule has 7 heteroatoms. The van der Waals surface area contributed by atoms with Gasteiger partial charge in [-0.25, -0.2) is 9.37 Å². The van der Waals surface area contributed by atoms with Crippen LogP contribution in [0.5, 0.6) is 11.5 Å². The zero-order valence-corrected chi connectivity index (χ0v) is 38.2. The smallest absolute Gasteiger partial charge is 0.135 e. The summed E-state index contributed by atoms with van der Waals surface area (Å²) >= 11 is 0. The molecule has 5 nitrogen and oxygen atoms in total. The number of nitrogens with zero attached hydrogens (tertiary/aromatic N) is 4. The molecule has 0 amide bonds. The van der Waals surface area contributed by atoms with Gasteiger partial charge in [-0.15, -0.1) is 53.6 Å². The first kappa shape index (κ1) is 41.8. The van der Waals surface area contributed by atoms with E-state index in [1.54, 1.807) is 0 Å². The Morgan fingerprint density at radius 1 is 0.635 bits per heavy atom. The van der Waals surface area contributed by atoms with Crippen LogP contribution < -0.4 is 14.5 Å². The summed E-state index contributed by atoms with van der Waals surface area (Å²) in [5, 5.41) is 2.20. The number of rotatable bonds is 9. The Labute approximate surface area is 383 Å². The Bertz CT molecular complexity index is 3110. The van der Waals surface area contributed by atoms with E-state index >= 15 is 0 Å². The minimum absolute atomic E-state index is 0. The number of ether oxygens (including phenoxy) is 1. The quantitative estimate of drug-likeness (QED) is 0.135. The second-order valence-corrected chi connectivity index (χ2v) is 16.8. The summed E-state index contributed by atoms with van der Waals surface area (Å²) in [6, 6.07) is 58.5. The average molecular weight is 1010 g/mol. The number of hydrogen-bond donors (Lipinski definition) is 0. The number of para-hydroxylation sites is 4. The predicted molar refractivity (Wildman–Crippen MR) is 253 cm³/mol. The van der Waals surface area contributed by atoms with Crippen LogP contribution >= 0.6 is 0 Å². The molecule has 1 aliphatic heterocycles.